The molecule has 2 aromatic carbocycles. The number of halogens is 1. The Kier molecular flexibility index (Phi) is 4.84. The quantitative estimate of drug-likeness (QED) is 0.596. The van der Waals surface area contributed by atoms with Crippen LogP contribution >= 0.6 is 11.6 Å². The predicted molar refractivity (Wildman–Crippen MR) is 123 cm³/mol. The van der Waals surface area contributed by atoms with Crippen molar-refractivity contribution in [2.75, 3.05) is 10.2 Å². The molecule has 3 aliphatic heterocycles. The van der Waals surface area contributed by atoms with Gasteiger partial charge in [0.15, 0.2) is 0 Å². The number of nitrogens with two attached hydrogens (primary N) is 1. The van der Waals surface area contributed by atoms with Crippen LogP contribution in [0.1, 0.15) is 29.5 Å². The first-order valence-corrected chi connectivity index (χ1v) is 11.2. The van der Waals surface area contributed by atoms with Crippen LogP contribution < -0.4 is 21.3 Å². The molecule has 2 fully saturated rings. The summed E-state index contributed by atoms with van der Waals surface area (Å²) in [7, 11) is 0. The minimum atomic E-state index is -1.44. The van der Waals surface area contributed by atoms with Crippen LogP contribution in [0.5, 0.6) is 0 Å². The number of nitrogens with one attached hydrogen (secondary N) is 2. The number of benzene rings is 2. The molecular formula is C24H23ClN4O4. The normalized spacial score (nSPS) is 27.8. The van der Waals surface area contributed by atoms with E-state index in [4.69, 9.17) is 17.3 Å². The minimum absolute atomic E-state index is 0.0248. The van der Waals surface area contributed by atoms with Crippen molar-refractivity contribution in [1.29, 1.82) is 0 Å². The van der Waals surface area contributed by atoms with E-state index in [2.05, 4.69) is 10.6 Å². The molecule has 4 atom stereocenters. The van der Waals surface area contributed by atoms with Gasteiger partial charge in [0.2, 0.25) is 23.6 Å². The number of fused-ring (bicyclic) bond motifs is 4. The standard InChI is InChI=1S/C24H23ClN4O4/c1-11-4-3-5-13(10-11)29-21(31)18-16(8-9-17(26)30)28-24(19(18)22(29)32)14-6-7-15(25)12(2)20(14)27-23(24)33/h3-7,10,16,18-19,28H,8-9H2,1-2H3,(H2,26,30)(H,27,33)/t16-,18-,19+,24+/m1/s1. The lowest BCUT2D eigenvalue weighted by Crippen LogP contribution is -2.53. The number of hydrogen-bond acceptors (Lipinski definition) is 5. The van der Waals surface area contributed by atoms with Gasteiger partial charge < -0.3 is 11.1 Å². The van der Waals surface area contributed by atoms with E-state index in [1.54, 1.807) is 37.3 Å². The number of carbonyl (C=O) groups is 4. The molecule has 0 saturated carbocycles. The molecule has 2 saturated heterocycles. The van der Waals surface area contributed by atoms with E-state index >= 15 is 0 Å². The van der Waals surface area contributed by atoms with E-state index in [9.17, 15) is 19.2 Å². The van der Waals surface area contributed by atoms with Crippen molar-refractivity contribution >= 4 is 46.6 Å². The van der Waals surface area contributed by atoms with Gasteiger partial charge in [-0.3, -0.25) is 24.5 Å². The number of rotatable bonds is 4. The highest BCUT2D eigenvalue weighted by atomic mass is 35.5. The van der Waals surface area contributed by atoms with Gasteiger partial charge in [0.05, 0.1) is 23.2 Å². The molecule has 9 heteroatoms. The number of aryl methyl sites for hydroxylation is 1. The van der Waals surface area contributed by atoms with Crippen molar-refractivity contribution < 1.29 is 19.2 Å². The van der Waals surface area contributed by atoms with Gasteiger partial charge in [-0.2, -0.15) is 0 Å². The van der Waals surface area contributed by atoms with Crippen LogP contribution in [0.3, 0.4) is 0 Å². The molecule has 4 amide bonds. The highest BCUT2D eigenvalue weighted by Gasteiger charge is 2.70. The first-order valence-electron chi connectivity index (χ1n) is 10.8. The van der Waals surface area contributed by atoms with Gasteiger partial charge in [0, 0.05) is 23.0 Å². The largest absolute Gasteiger partial charge is 0.370 e. The molecule has 0 unspecified atom stereocenters. The van der Waals surface area contributed by atoms with Gasteiger partial charge in [-0.25, -0.2) is 4.90 Å². The van der Waals surface area contributed by atoms with Gasteiger partial charge in [-0.15, -0.1) is 0 Å². The Balaban J connectivity index is 1.67. The lowest BCUT2D eigenvalue weighted by Gasteiger charge is -2.29. The van der Waals surface area contributed by atoms with Crippen LogP contribution in [-0.4, -0.2) is 29.7 Å². The molecule has 4 N–H and O–H groups in total. The molecule has 5 rings (SSSR count). The smallest absolute Gasteiger partial charge is 0.250 e. The van der Waals surface area contributed by atoms with Crippen molar-refractivity contribution in [3.05, 3.63) is 58.1 Å². The second-order valence-corrected chi connectivity index (χ2v) is 9.37. The Hall–Kier alpha value is -3.23. The monoisotopic (exact) mass is 466 g/mol. The minimum Gasteiger partial charge on any atom is -0.370 e. The van der Waals surface area contributed by atoms with E-state index in [1.807, 2.05) is 13.0 Å². The zero-order valence-electron chi connectivity index (χ0n) is 18.1. The van der Waals surface area contributed by atoms with Crippen LogP contribution in [0.15, 0.2) is 36.4 Å². The Bertz CT molecular complexity index is 1240. The maximum absolute atomic E-state index is 13.8. The second-order valence-electron chi connectivity index (χ2n) is 8.97. The summed E-state index contributed by atoms with van der Waals surface area (Å²) < 4.78 is 0. The molecule has 33 heavy (non-hydrogen) atoms. The van der Waals surface area contributed by atoms with Crippen molar-refractivity contribution in [1.82, 2.24) is 5.32 Å². The molecule has 3 aliphatic rings. The summed E-state index contributed by atoms with van der Waals surface area (Å²) in [5.41, 5.74) is 7.11. The van der Waals surface area contributed by atoms with Crippen molar-refractivity contribution in [3.63, 3.8) is 0 Å². The van der Waals surface area contributed by atoms with E-state index in [0.29, 0.717) is 27.5 Å². The average Bonchev–Trinajstić information content (AvgIpc) is 3.34. The summed E-state index contributed by atoms with van der Waals surface area (Å²) in [6.45, 7) is 3.67. The van der Waals surface area contributed by atoms with Crippen LogP contribution in [0.25, 0.3) is 0 Å². The lowest BCUT2D eigenvalue weighted by atomic mass is 9.76. The van der Waals surface area contributed by atoms with Crippen molar-refractivity contribution in [2.24, 2.45) is 17.6 Å². The Labute approximate surface area is 195 Å². The number of amides is 4. The van der Waals surface area contributed by atoms with Crippen LogP contribution in [0.2, 0.25) is 5.02 Å². The fraction of sp³-hybridized carbons (Fsp3) is 0.333. The van der Waals surface area contributed by atoms with E-state index in [-0.39, 0.29) is 18.7 Å². The molecule has 1 spiro atoms. The third-order valence-corrected chi connectivity index (χ3v) is 7.46. The molecule has 170 valence electrons. The highest BCUT2D eigenvalue weighted by molar-refractivity contribution is 6.32. The maximum atomic E-state index is 13.8. The molecular weight excluding hydrogens is 444 g/mol. The Morgan fingerprint density at radius 2 is 1.91 bits per heavy atom. The lowest BCUT2D eigenvalue weighted by molar-refractivity contribution is -0.130. The summed E-state index contributed by atoms with van der Waals surface area (Å²) in [5, 5.41) is 6.65. The van der Waals surface area contributed by atoms with Crippen molar-refractivity contribution in [2.45, 2.75) is 38.3 Å². The summed E-state index contributed by atoms with van der Waals surface area (Å²) in [4.78, 5) is 53.7. The van der Waals surface area contributed by atoms with Gasteiger partial charge in [0.1, 0.15) is 5.54 Å². The predicted octanol–water partition coefficient (Wildman–Crippen LogP) is 2.15. The second kappa shape index (κ2) is 7.40. The summed E-state index contributed by atoms with van der Waals surface area (Å²) in [6, 6.07) is 9.95. The summed E-state index contributed by atoms with van der Waals surface area (Å²) in [5.74, 6) is -3.54. The fourth-order valence-electron chi connectivity index (χ4n) is 5.56. The molecule has 0 aliphatic carbocycles. The summed E-state index contributed by atoms with van der Waals surface area (Å²) in [6.07, 6.45) is 0.255. The molecule has 3 heterocycles. The summed E-state index contributed by atoms with van der Waals surface area (Å²) >= 11 is 6.28. The van der Waals surface area contributed by atoms with Crippen LogP contribution in [-0.2, 0) is 24.7 Å². The molecule has 8 nitrogen and oxygen atoms in total. The first-order chi connectivity index (χ1) is 15.7. The Morgan fingerprint density at radius 3 is 2.61 bits per heavy atom. The fourth-order valence-corrected chi connectivity index (χ4v) is 5.71. The van der Waals surface area contributed by atoms with Crippen LogP contribution in [0.4, 0.5) is 11.4 Å². The first kappa shape index (κ1) is 21.6. The number of primary amides is 1. The van der Waals surface area contributed by atoms with E-state index in [0.717, 1.165) is 5.56 Å². The van der Waals surface area contributed by atoms with Gasteiger partial charge in [-0.05, 0) is 49.6 Å². The topological polar surface area (TPSA) is 122 Å². The number of anilines is 2. The Morgan fingerprint density at radius 1 is 1.15 bits per heavy atom. The zero-order valence-corrected chi connectivity index (χ0v) is 18.9. The number of imide groups is 1. The van der Waals surface area contributed by atoms with Crippen molar-refractivity contribution in [3.8, 4) is 0 Å². The number of hydrogen-bond donors (Lipinski definition) is 3. The van der Waals surface area contributed by atoms with Gasteiger partial charge in [-0.1, -0.05) is 29.8 Å². The van der Waals surface area contributed by atoms with E-state index in [1.165, 1.54) is 4.90 Å². The maximum Gasteiger partial charge on any atom is 0.250 e. The molecule has 0 aromatic heterocycles. The van der Waals surface area contributed by atoms with Gasteiger partial charge >= 0.3 is 0 Å². The SMILES string of the molecule is Cc1cccc(N2C(=O)[C@H]3[C@@H](C2=O)[C@]2(N[C@@H]3CCC(N)=O)C(=O)Nc3c2ccc(Cl)c3C)c1. The van der Waals surface area contributed by atoms with Gasteiger partial charge in [0.25, 0.3) is 0 Å². The third-order valence-electron chi connectivity index (χ3n) is 7.05. The zero-order chi connectivity index (χ0) is 23.7. The molecule has 0 bridgehead atoms. The molecule has 2 aromatic rings. The number of carbonyl (C=O) groups excluding carboxylic acids is 4. The van der Waals surface area contributed by atoms with E-state index < -0.39 is 41.1 Å². The molecule has 0 radical (unpaired) electrons. The number of nitrogens with zero attached hydrogens (tertiary/aromatic N) is 1. The third kappa shape index (κ3) is 2.94. The highest BCUT2D eigenvalue weighted by Crippen LogP contribution is 2.55. The average molecular weight is 467 g/mol. The van der Waals surface area contributed by atoms with Crippen LogP contribution in [0, 0.1) is 25.7 Å².